The molecule has 0 spiro atoms. The summed E-state index contributed by atoms with van der Waals surface area (Å²) in [6.45, 7) is 3.25. The number of aromatic amines is 1. The number of hydrogen-bond acceptors (Lipinski definition) is 5. The van der Waals surface area contributed by atoms with Gasteiger partial charge < -0.3 is 9.88 Å². The number of aromatic nitrogens is 5. The number of rotatable bonds is 6. The Hall–Kier alpha value is -2.18. The average molecular weight is 248 g/mol. The van der Waals surface area contributed by atoms with Gasteiger partial charge in [0.1, 0.15) is 12.2 Å². The van der Waals surface area contributed by atoms with Crippen molar-refractivity contribution in [2.24, 2.45) is 0 Å². The highest BCUT2D eigenvalue weighted by atomic mass is 16.1. The SMILES string of the molecule is CCn1ccnc(NCCCc2ncn[nH]2)c1=O. The summed E-state index contributed by atoms with van der Waals surface area (Å²) in [6.07, 6.45) is 6.45. The third-order valence-corrected chi connectivity index (χ3v) is 2.60. The highest BCUT2D eigenvalue weighted by Gasteiger charge is 2.02. The molecule has 7 heteroatoms. The predicted octanol–water partition coefficient (Wildman–Crippen LogP) is 0.426. The molecule has 2 rings (SSSR count). The standard InChI is InChI=1S/C11H16N6O/c1-2-17-7-6-13-10(11(17)18)12-5-3-4-9-14-8-15-16-9/h6-8H,2-5H2,1H3,(H,12,13)(H,14,15,16). The van der Waals surface area contributed by atoms with Crippen molar-refractivity contribution in [2.45, 2.75) is 26.3 Å². The summed E-state index contributed by atoms with van der Waals surface area (Å²) in [5, 5.41) is 9.61. The number of nitrogens with zero attached hydrogens (tertiary/aromatic N) is 4. The van der Waals surface area contributed by atoms with E-state index >= 15 is 0 Å². The third-order valence-electron chi connectivity index (χ3n) is 2.60. The van der Waals surface area contributed by atoms with E-state index in [4.69, 9.17) is 0 Å². The van der Waals surface area contributed by atoms with Crippen LogP contribution in [0.2, 0.25) is 0 Å². The first-order valence-electron chi connectivity index (χ1n) is 5.95. The van der Waals surface area contributed by atoms with E-state index in [1.165, 1.54) is 6.33 Å². The molecule has 7 nitrogen and oxygen atoms in total. The molecular formula is C11H16N6O. The zero-order valence-corrected chi connectivity index (χ0v) is 10.3. The Morgan fingerprint density at radius 2 is 2.33 bits per heavy atom. The Bertz CT molecular complexity index is 533. The van der Waals surface area contributed by atoms with E-state index in [0.717, 1.165) is 18.7 Å². The summed E-state index contributed by atoms with van der Waals surface area (Å²) in [4.78, 5) is 19.9. The van der Waals surface area contributed by atoms with E-state index in [0.29, 0.717) is 18.9 Å². The van der Waals surface area contributed by atoms with Crippen molar-refractivity contribution in [3.63, 3.8) is 0 Å². The molecule has 0 bridgehead atoms. The summed E-state index contributed by atoms with van der Waals surface area (Å²) in [5.74, 6) is 1.25. The number of H-pyrrole nitrogens is 1. The largest absolute Gasteiger partial charge is 0.365 e. The number of hydrogen-bond donors (Lipinski definition) is 2. The molecule has 2 aromatic rings. The Morgan fingerprint density at radius 3 is 3.06 bits per heavy atom. The van der Waals surface area contributed by atoms with E-state index in [-0.39, 0.29) is 5.56 Å². The van der Waals surface area contributed by atoms with E-state index in [2.05, 4.69) is 25.5 Å². The molecular weight excluding hydrogens is 232 g/mol. The summed E-state index contributed by atoms with van der Waals surface area (Å²) in [6, 6.07) is 0. The van der Waals surface area contributed by atoms with Gasteiger partial charge in [-0.3, -0.25) is 9.89 Å². The van der Waals surface area contributed by atoms with Crippen molar-refractivity contribution in [1.82, 2.24) is 24.7 Å². The van der Waals surface area contributed by atoms with Crippen molar-refractivity contribution < 1.29 is 0 Å². The number of anilines is 1. The molecule has 0 saturated carbocycles. The summed E-state index contributed by atoms with van der Waals surface area (Å²) in [5.41, 5.74) is -0.0836. The van der Waals surface area contributed by atoms with Crippen LogP contribution in [0.1, 0.15) is 19.2 Å². The quantitative estimate of drug-likeness (QED) is 0.723. The maximum atomic E-state index is 11.8. The van der Waals surface area contributed by atoms with Gasteiger partial charge in [0.15, 0.2) is 5.82 Å². The van der Waals surface area contributed by atoms with Gasteiger partial charge in [-0.25, -0.2) is 9.97 Å². The van der Waals surface area contributed by atoms with Gasteiger partial charge in [0.05, 0.1) is 0 Å². The van der Waals surface area contributed by atoms with Crippen molar-refractivity contribution >= 4 is 5.82 Å². The molecule has 0 radical (unpaired) electrons. The maximum absolute atomic E-state index is 11.8. The first-order chi connectivity index (χ1) is 8.81. The molecule has 0 amide bonds. The predicted molar refractivity (Wildman–Crippen MR) is 67.4 cm³/mol. The molecule has 2 aromatic heterocycles. The van der Waals surface area contributed by atoms with Crippen LogP contribution in [-0.2, 0) is 13.0 Å². The van der Waals surface area contributed by atoms with E-state index in [1.807, 2.05) is 6.92 Å². The molecule has 0 fully saturated rings. The average Bonchev–Trinajstić information content (AvgIpc) is 2.89. The van der Waals surface area contributed by atoms with E-state index in [9.17, 15) is 4.79 Å². The molecule has 0 aliphatic carbocycles. The molecule has 2 N–H and O–H groups in total. The van der Waals surface area contributed by atoms with Gasteiger partial charge >= 0.3 is 0 Å². The number of aryl methyl sites for hydroxylation is 2. The molecule has 96 valence electrons. The van der Waals surface area contributed by atoms with Crippen molar-refractivity contribution in [1.29, 1.82) is 0 Å². The lowest BCUT2D eigenvalue weighted by molar-refractivity contribution is 0.716. The molecule has 0 aliphatic rings. The monoisotopic (exact) mass is 248 g/mol. The molecule has 0 aromatic carbocycles. The van der Waals surface area contributed by atoms with Gasteiger partial charge in [-0.15, -0.1) is 0 Å². The molecule has 0 saturated heterocycles. The summed E-state index contributed by atoms with van der Waals surface area (Å²) >= 11 is 0. The van der Waals surface area contributed by atoms with Crippen LogP contribution in [0, 0.1) is 0 Å². The second-order valence-corrected chi connectivity index (χ2v) is 3.83. The minimum Gasteiger partial charge on any atom is -0.365 e. The van der Waals surface area contributed by atoms with Crippen LogP contribution < -0.4 is 10.9 Å². The van der Waals surface area contributed by atoms with Crippen LogP contribution in [0.5, 0.6) is 0 Å². The van der Waals surface area contributed by atoms with Crippen LogP contribution in [0.25, 0.3) is 0 Å². The first kappa shape index (κ1) is 12.3. The van der Waals surface area contributed by atoms with Gasteiger partial charge in [0.25, 0.3) is 5.56 Å². The topological polar surface area (TPSA) is 88.5 Å². The van der Waals surface area contributed by atoms with Crippen molar-refractivity contribution in [3.05, 3.63) is 34.9 Å². The minimum atomic E-state index is -0.0836. The zero-order valence-electron chi connectivity index (χ0n) is 10.3. The lowest BCUT2D eigenvalue weighted by Gasteiger charge is -2.06. The molecule has 0 atom stereocenters. The zero-order chi connectivity index (χ0) is 12.8. The smallest absolute Gasteiger partial charge is 0.293 e. The van der Waals surface area contributed by atoms with E-state index < -0.39 is 0 Å². The second-order valence-electron chi connectivity index (χ2n) is 3.83. The fraction of sp³-hybridized carbons (Fsp3) is 0.455. The Labute approximate surface area is 104 Å². The van der Waals surface area contributed by atoms with Crippen LogP contribution >= 0.6 is 0 Å². The second kappa shape index (κ2) is 5.95. The molecule has 18 heavy (non-hydrogen) atoms. The molecule has 0 unspecified atom stereocenters. The van der Waals surface area contributed by atoms with Crippen LogP contribution in [0.15, 0.2) is 23.5 Å². The Balaban J connectivity index is 1.85. The van der Waals surface area contributed by atoms with Crippen molar-refractivity contribution in [3.8, 4) is 0 Å². The van der Waals surface area contributed by atoms with Gasteiger partial charge in [0, 0.05) is 31.9 Å². The summed E-state index contributed by atoms with van der Waals surface area (Å²) < 4.78 is 1.62. The molecule has 0 aliphatic heterocycles. The van der Waals surface area contributed by atoms with Crippen LogP contribution in [0.3, 0.4) is 0 Å². The van der Waals surface area contributed by atoms with E-state index in [1.54, 1.807) is 17.0 Å². The Morgan fingerprint density at radius 1 is 1.44 bits per heavy atom. The van der Waals surface area contributed by atoms with Crippen LogP contribution in [0.4, 0.5) is 5.82 Å². The highest BCUT2D eigenvalue weighted by Crippen LogP contribution is 1.96. The lowest BCUT2D eigenvalue weighted by Crippen LogP contribution is -2.24. The van der Waals surface area contributed by atoms with Crippen LogP contribution in [-0.4, -0.2) is 31.3 Å². The highest BCUT2D eigenvalue weighted by molar-refractivity contribution is 5.30. The summed E-state index contributed by atoms with van der Waals surface area (Å²) in [7, 11) is 0. The third kappa shape index (κ3) is 2.93. The maximum Gasteiger partial charge on any atom is 0.293 e. The van der Waals surface area contributed by atoms with Crippen molar-refractivity contribution in [2.75, 3.05) is 11.9 Å². The first-order valence-corrected chi connectivity index (χ1v) is 5.95. The normalized spacial score (nSPS) is 10.5. The van der Waals surface area contributed by atoms with Gasteiger partial charge in [-0.2, -0.15) is 5.10 Å². The fourth-order valence-corrected chi connectivity index (χ4v) is 1.63. The van der Waals surface area contributed by atoms with Gasteiger partial charge in [-0.1, -0.05) is 0 Å². The minimum absolute atomic E-state index is 0.0836. The lowest BCUT2D eigenvalue weighted by atomic mass is 10.3. The van der Waals surface area contributed by atoms with Gasteiger partial charge in [0.2, 0.25) is 0 Å². The Kier molecular flexibility index (Phi) is 4.06. The fourth-order valence-electron chi connectivity index (χ4n) is 1.63. The number of nitrogens with one attached hydrogen (secondary N) is 2. The van der Waals surface area contributed by atoms with Gasteiger partial charge in [-0.05, 0) is 13.3 Å². The molecule has 2 heterocycles.